The quantitative estimate of drug-likeness (QED) is 0.577. The van der Waals surface area contributed by atoms with E-state index in [1.165, 1.54) is 0 Å². The Hall–Kier alpha value is -2.08. The maximum atomic E-state index is 5.60. The first-order valence-corrected chi connectivity index (χ1v) is 7.85. The summed E-state index contributed by atoms with van der Waals surface area (Å²) in [5.41, 5.74) is 2.09. The monoisotopic (exact) mass is 301 g/mol. The molecule has 6 heteroatoms. The Morgan fingerprint density at radius 3 is 3.09 bits per heavy atom. The van der Waals surface area contributed by atoms with Crippen LogP contribution in [0.1, 0.15) is 18.7 Å². The molecule has 3 rings (SSSR count). The molecule has 6 nitrogen and oxygen atoms in total. The largest absolute Gasteiger partial charge is 0.376 e. The zero-order valence-corrected chi connectivity index (χ0v) is 12.9. The number of rotatable bonds is 5. The highest BCUT2D eigenvalue weighted by Crippen LogP contribution is 2.11. The molecular weight excluding hydrogens is 278 g/mol. The van der Waals surface area contributed by atoms with Crippen molar-refractivity contribution in [1.29, 1.82) is 0 Å². The van der Waals surface area contributed by atoms with Crippen molar-refractivity contribution in [2.45, 2.75) is 25.4 Å². The fraction of sp³-hybridized carbons (Fsp3) is 0.500. The van der Waals surface area contributed by atoms with Crippen LogP contribution in [-0.4, -0.2) is 48.8 Å². The molecule has 0 bridgehead atoms. The van der Waals surface area contributed by atoms with Crippen molar-refractivity contribution in [3.8, 4) is 0 Å². The van der Waals surface area contributed by atoms with Crippen LogP contribution in [-0.2, 0) is 11.2 Å². The summed E-state index contributed by atoms with van der Waals surface area (Å²) < 4.78 is 5.60. The van der Waals surface area contributed by atoms with E-state index in [1.54, 1.807) is 7.05 Å². The fourth-order valence-corrected chi connectivity index (χ4v) is 2.66. The number of aliphatic imine (C=N–C) groups is 1. The van der Waals surface area contributed by atoms with E-state index in [0.29, 0.717) is 6.10 Å². The van der Waals surface area contributed by atoms with Crippen LogP contribution in [0.3, 0.4) is 0 Å². The SMILES string of the molecule is CN=C(NCCc1nc2ccccc2[nH]1)NCC1CCCO1. The first kappa shape index (κ1) is 14.8. The molecule has 2 heterocycles. The second kappa shape index (κ2) is 7.26. The van der Waals surface area contributed by atoms with Gasteiger partial charge in [-0.1, -0.05) is 12.1 Å². The maximum Gasteiger partial charge on any atom is 0.191 e. The van der Waals surface area contributed by atoms with Crippen LogP contribution in [0.25, 0.3) is 11.0 Å². The Balaban J connectivity index is 1.44. The van der Waals surface area contributed by atoms with Crippen molar-refractivity contribution in [2.75, 3.05) is 26.7 Å². The number of H-pyrrole nitrogens is 1. The van der Waals surface area contributed by atoms with Crippen molar-refractivity contribution in [1.82, 2.24) is 20.6 Å². The van der Waals surface area contributed by atoms with Crippen molar-refractivity contribution in [3.05, 3.63) is 30.1 Å². The topological polar surface area (TPSA) is 74.3 Å². The van der Waals surface area contributed by atoms with E-state index in [0.717, 1.165) is 61.8 Å². The summed E-state index contributed by atoms with van der Waals surface area (Å²) in [6.07, 6.45) is 3.43. The Morgan fingerprint density at radius 1 is 1.41 bits per heavy atom. The standard InChI is InChI=1S/C16H23N5O/c1-17-16(19-11-12-5-4-10-22-12)18-9-8-15-20-13-6-2-3-7-14(13)21-15/h2-3,6-7,12H,4-5,8-11H2,1H3,(H,20,21)(H2,17,18,19). The van der Waals surface area contributed by atoms with Gasteiger partial charge in [0.2, 0.25) is 0 Å². The number of nitrogens with zero attached hydrogens (tertiary/aromatic N) is 2. The summed E-state index contributed by atoms with van der Waals surface area (Å²) >= 11 is 0. The number of guanidine groups is 1. The van der Waals surface area contributed by atoms with Crippen molar-refractivity contribution in [2.24, 2.45) is 4.99 Å². The number of hydrogen-bond donors (Lipinski definition) is 3. The number of fused-ring (bicyclic) bond motifs is 1. The van der Waals surface area contributed by atoms with Crippen molar-refractivity contribution >= 4 is 17.0 Å². The molecule has 1 fully saturated rings. The van der Waals surface area contributed by atoms with Gasteiger partial charge >= 0.3 is 0 Å². The summed E-state index contributed by atoms with van der Waals surface area (Å²) in [7, 11) is 1.78. The van der Waals surface area contributed by atoms with Gasteiger partial charge in [0.1, 0.15) is 5.82 Å². The molecule has 1 saturated heterocycles. The predicted molar refractivity (Wildman–Crippen MR) is 88.1 cm³/mol. The lowest BCUT2D eigenvalue weighted by Gasteiger charge is -2.14. The van der Waals surface area contributed by atoms with Crippen LogP contribution in [0.15, 0.2) is 29.3 Å². The van der Waals surface area contributed by atoms with Gasteiger partial charge in [-0.2, -0.15) is 0 Å². The molecule has 0 aliphatic carbocycles. The van der Waals surface area contributed by atoms with Gasteiger partial charge in [0.15, 0.2) is 5.96 Å². The van der Waals surface area contributed by atoms with E-state index in [2.05, 4.69) is 25.6 Å². The van der Waals surface area contributed by atoms with E-state index in [-0.39, 0.29) is 0 Å². The van der Waals surface area contributed by atoms with Crippen LogP contribution in [0.2, 0.25) is 0 Å². The molecule has 1 aliphatic rings. The Bertz CT molecular complexity index is 597. The van der Waals surface area contributed by atoms with Gasteiger partial charge in [0, 0.05) is 33.2 Å². The van der Waals surface area contributed by atoms with Crippen LogP contribution >= 0.6 is 0 Å². The average Bonchev–Trinajstić information content (AvgIpc) is 3.19. The van der Waals surface area contributed by atoms with Gasteiger partial charge in [0.05, 0.1) is 17.1 Å². The van der Waals surface area contributed by atoms with Gasteiger partial charge < -0.3 is 20.4 Å². The number of ether oxygens (including phenoxy) is 1. The molecule has 1 unspecified atom stereocenters. The van der Waals surface area contributed by atoms with Gasteiger partial charge in [-0.15, -0.1) is 0 Å². The van der Waals surface area contributed by atoms with Gasteiger partial charge in [-0.05, 0) is 25.0 Å². The second-order valence-electron chi connectivity index (χ2n) is 5.47. The molecule has 1 aromatic carbocycles. The van der Waals surface area contributed by atoms with E-state index in [4.69, 9.17) is 4.74 Å². The third-order valence-electron chi connectivity index (χ3n) is 3.84. The van der Waals surface area contributed by atoms with Crippen LogP contribution in [0.4, 0.5) is 0 Å². The van der Waals surface area contributed by atoms with E-state index < -0.39 is 0 Å². The minimum absolute atomic E-state index is 0.314. The number of aromatic amines is 1. The number of para-hydroxylation sites is 2. The highest BCUT2D eigenvalue weighted by molar-refractivity contribution is 5.79. The lowest BCUT2D eigenvalue weighted by Crippen LogP contribution is -2.41. The zero-order chi connectivity index (χ0) is 15.2. The van der Waals surface area contributed by atoms with Crippen LogP contribution in [0.5, 0.6) is 0 Å². The molecule has 1 aliphatic heterocycles. The lowest BCUT2D eigenvalue weighted by molar-refractivity contribution is 0.114. The minimum Gasteiger partial charge on any atom is -0.376 e. The smallest absolute Gasteiger partial charge is 0.191 e. The van der Waals surface area contributed by atoms with Crippen molar-refractivity contribution < 1.29 is 4.74 Å². The number of nitrogens with one attached hydrogen (secondary N) is 3. The van der Waals surface area contributed by atoms with Gasteiger partial charge in [-0.25, -0.2) is 4.98 Å². The number of benzene rings is 1. The normalized spacial score (nSPS) is 18.8. The number of hydrogen-bond acceptors (Lipinski definition) is 3. The molecule has 118 valence electrons. The van der Waals surface area contributed by atoms with Crippen molar-refractivity contribution in [3.63, 3.8) is 0 Å². The fourth-order valence-electron chi connectivity index (χ4n) is 2.66. The maximum absolute atomic E-state index is 5.60. The van der Waals surface area contributed by atoms with E-state index in [1.807, 2.05) is 24.3 Å². The van der Waals surface area contributed by atoms with Crippen LogP contribution in [0, 0.1) is 0 Å². The molecule has 0 radical (unpaired) electrons. The number of imidazole rings is 1. The molecule has 0 amide bonds. The first-order chi connectivity index (χ1) is 10.8. The van der Waals surface area contributed by atoms with Gasteiger partial charge in [-0.3, -0.25) is 4.99 Å². The zero-order valence-electron chi connectivity index (χ0n) is 12.9. The predicted octanol–water partition coefficient (Wildman–Crippen LogP) is 1.45. The highest BCUT2D eigenvalue weighted by atomic mass is 16.5. The molecule has 2 aromatic rings. The summed E-state index contributed by atoms with van der Waals surface area (Å²) in [6.45, 7) is 2.47. The summed E-state index contributed by atoms with van der Waals surface area (Å²) in [4.78, 5) is 12.1. The van der Waals surface area contributed by atoms with E-state index >= 15 is 0 Å². The average molecular weight is 301 g/mol. The summed E-state index contributed by atoms with van der Waals surface area (Å²) in [5.74, 6) is 1.80. The Morgan fingerprint density at radius 2 is 2.32 bits per heavy atom. The second-order valence-corrected chi connectivity index (χ2v) is 5.47. The van der Waals surface area contributed by atoms with E-state index in [9.17, 15) is 0 Å². The first-order valence-electron chi connectivity index (χ1n) is 7.85. The lowest BCUT2D eigenvalue weighted by atomic mass is 10.2. The molecule has 3 N–H and O–H groups in total. The minimum atomic E-state index is 0.314. The summed E-state index contributed by atoms with van der Waals surface area (Å²) in [5, 5.41) is 6.62. The molecule has 1 atom stereocenters. The van der Waals surface area contributed by atoms with Crippen LogP contribution < -0.4 is 10.6 Å². The molecule has 0 spiro atoms. The molecule has 0 saturated carbocycles. The number of aromatic nitrogens is 2. The molecular formula is C16H23N5O. The highest BCUT2D eigenvalue weighted by Gasteiger charge is 2.15. The van der Waals surface area contributed by atoms with Gasteiger partial charge in [0.25, 0.3) is 0 Å². The Labute approximate surface area is 130 Å². The third kappa shape index (κ3) is 3.76. The molecule has 22 heavy (non-hydrogen) atoms. The third-order valence-corrected chi connectivity index (χ3v) is 3.84. The molecule has 1 aromatic heterocycles. The Kier molecular flexibility index (Phi) is 4.90. The summed E-state index contributed by atoms with van der Waals surface area (Å²) in [6, 6.07) is 8.08.